The number of amides is 1. The Hall–Kier alpha value is -1.43. The topological polar surface area (TPSA) is 65.1 Å². The van der Waals surface area contributed by atoms with Gasteiger partial charge in [-0.25, -0.2) is 4.98 Å². The minimum atomic E-state index is -0.115. The van der Waals surface area contributed by atoms with Crippen LogP contribution in [0.2, 0.25) is 0 Å². The largest absolute Gasteiger partial charge is 0.333 e. The maximum absolute atomic E-state index is 12.4. The minimum absolute atomic E-state index is 0.0489. The second kappa shape index (κ2) is 4.84. The fraction of sp³-hybridized carbons (Fsp3) is 0.786. The molecule has 1 N–H and O–H groups in total. The van der Waals surface area contributed by atoms with Gasteiger partial charge in [0, 0.05) is 37.6 Å². The lowest BCUT2D eigenvalue weighted by Crippen LogP contribution is -2.49. The van der Waals surface area contributed by atoms with Gasteiger partial charge in [0.1, 0.15) is 5.82 Å². The highest BCUT2D eigenvalue weighted by molar-refractivity contribution is 5.90. The van der Waals surface area contributed by atoms with Crippen molar-refractivity contribution in [2.24, 2.45) is 0 Å². The maximum Gasteiger partial charge on any atom is 0.293 e. The van der Waals surface area contributed by atoms with Crippen molar-refractivity contribution in [2.75, 3.05) is 26.2 Å². The molecule has 2 fully saturated rings. The number of rotatable bonds is 2. The van der Waals surface area contributed by atoms with Crippen molar-refractivity contribution >= 4 is 5.91 Å². The van der Waals surface area contributed by atoms with Crippen molar-refractivity contribution in [2.45, 2.75) is 45.1 Å². The number of hydrogen-bond donors (Lipinski definition) is 1. The van der Waals surface area contributed by atoms with E-state index in [4.69, 9.17) is 0 Å². The van der Waals surface area contributed by atoms with E-state index in [9.17, 15) is 4.79 Å². The van der Waals surface area contributed by atoms with Gasteiger partial charge in [-0.2, -0.15) is 0 Å². The van der Waals surface area contributed by atoms with E-state index >= 15 is 0 Å². The van der Waals surface area contributed by atoms with Gasteiger partial charge in [0.2, 0.25) is 5.82 Å². The molecule has 1 aromatic heterocycles. The number of aromatic nitrogens is 3. The molecule has 0 spiro atoms. The van der Waals surface area contributed by atoms with E-state index in [0.717, 1.165) is 38.0 Å². The Morgan fingerprint density at radius 3 is 2.35 bits per heavy atom. The van der Waals surface area contributed by atoms with Crippen LogP contribution in [0.4, 0.5) is 0 Å². The van der Waals surface area contributed by atoms with Crippen molar-refractivity contribution < 1.29 is 4.79 Å². The van der Waals surface area contributed by atoms with Crippen LogP contribution >= 0.6 is 0 Å². The molecule has 0 unspecified atom stereocenters. The van der Waals surface area contributed by atoms with Crippen LogP contribution in [-0.2, 0) is 5.41 Å². The highest BCUT2D eigenvalue weighted by Gasteiger charge is 2.33. The molecule has 6 nitrogen and oxygen atoms in total. The third-order valence-corrected chi connectivity index (χ3v) is 4.05. The molecule has 2 heterocycles. The van der Waals surface area contributed by atoms with E-state index in [1.54, 1.807) is 0 Å². The van der Waals surface area contributed by atoms with E-state index in [1.165, 1.54) is 12.8 Å². The van der Waals surface area contributed by atoms with Crippen molar-refractivity contribution in [1.82, 2.24) is 25.0 Å². The zero-order chi connectivity index (χ0) is 14.3. The van der Waals surface area contributed by atoms with Crippen LogP contribution < -0.4 is 0 Å². The molecular weight excluding hydrogens is 254 g/mol. The predicted octanol–water partition coefficient (Wildman–Crippen LogP) is 1.02. The fourth-order valence-corrected chi connectivity index (χ4v) is 2.56. The van der Waals surface area contributed by atoms with E-state index in [2.05, 4.69) is 40.9 Å². The number of carbonyl (C=O) groups excluding carboxylic acids is 1. The molecule has 1 aliphatic carbocycles. The van der Waals surface area contributed by atoms with Crippen molar-refractivity contribution in [1.29, 1.82) is 0 Å². The van der Waals surface area contributed by atoms with Crippen molar-refractivity contribution in [3.05, 3.63) is 11.6 Å². The Morgan fingerprint density at radius 1 is 1.20 bits per heavy atom. The van der Waals surface area contributed by atoms with Gasteiger partial charge in [0.05, 0.1) is 0 Å². The van der Waals surface area contributed by atoms with Crippen LogP contribution in [0.25, 0.3) is 0 Å². The highest BCUT2D eigenvalue weighted by atomic mass is 16.2. The van der Waals surface area contributed by atoms with Crippen LogP contribution in [0.15, 0.2) is 0 Å². The van der Waals surface area contributed by atoms with Gasteiger partial charge in [-0.1, -0.05) is 20.8 Å². The first-order chi connectivity index (χ1) is 9.45. The maximum atomic E-state index is 12.4. The molecular formula is C14H23N5O. The smallest absolute Gasteiger partial charge is 0.293 e. The van der Waals surface area contributed by atoms with Gasteiger partial charge in [-0.15, -0.1) is 5.10 Å². The summed E-state index contributed by atoms with van der Waals surface area (Å²) in [6, 6.07) is 0.781. The molecule has 1 saturated carbocycles. The van der Waals surface area contributed by atoms with Gasteiger partial charge in [-0.3, -0.25) is 14.8 Å². The van der Waals surface area contributed by atoms with E-state index in [1.807, 2.05) is 4.90 Å². The lowest BCUT2D eigenvalue weighted by molar-refractivity contribution is 0.0615. The molecule has 0 radical (unpaired) electrons. The average molecular weight is 277 g/mol. The molecule has 0 bridgehead atoms. The predicted molar refractivity (Wildman–Crippen MR) is 75.6 cm³/mol. The molecule has 110 valence electrons. The summed E-state index contributed by atoms with van der Waals surface area (Å²) >= 11 is 0. The first-order valence-corrected chi connectivity index (χ1v) is 7.41. The average Bonchev–Trinajstić information content (AvgIpc) is 3.13. The number of piperazine rings is 1. The van der Waals surface area contributed by atoms with Gasteiger partial charge in [-0.05, 0) is 12.8 Å². The number of nitrogens with zero attached hydrogens (tertiary/aromatic N) is 4. The molecule has 0 aromatic carbocycles. The summed E-state index contributed by atoms with van der Waals surface area (Å²) < 4.78 is 0. The molecule has 1 aliphatic heterocycles. The highest BCUT2D eigenvalue weighted by Crippen LogP contribution is 2.27. The van der Waals surface area contributed by atoms with E-state index in [0.29, 0.717) is 5.82 Å². The summed E-state index contributed by atoms with van der Waals surface area (Å²) in [4.78, 5) is 21.1. The van der Waals surface area contributed by atoms with Crippen molar-refractivity contribution in [3.63, 3.8) is 0 Å². The second-order valence-electron chi connectivity index (χ2n) is 6.82. The Balaban J connectivity index is 1.62. The first kappa shape index (κ1) is 13.5. The molecule has 6 heteroatoms. The summed E-state index contributed by atoms with van der Waals surface area (Å²) in [6.07, 6.45) is 2.65. The Kier molecular flexibility index (Phi) is 3.28. The van der Waals surface area contributed by atoms with Crippen LogP contribution in [0.1, 0.15) is 50.1 Å². The van der Waals surface area contributed by atoms with Crippen LogP contribution in [0.5, 0.6) is 0 Å². The summed E-state index contributed by atoms with van der Waals surface area (Å²) in [7, 11) is 0. The molecule has 1 amide bonds. The van der Waals surface area contributed by atoms with Gasteiger partial charge >= 0.3 is 0 Å². The lowest BCUT2D eigenvalue weighted by Gasteiger charge is -2.34. The SMILES string of the molecule is CC(C)(C)c1nc(C(=O)N2CCN(C3CC3)CC2)n[nH]1. The third kappa shape index (κ3) is 2.70. The van der Waals surface area contributed by atoms with Gasteiger partial charge in [0.15, 0.2) is 0 Å². The van der Waals surface area contributed by atoms with Gasteiger partial charge < -0.3 is 4.90 Å². The summed E-state index contributed by atoms with van der Waals surface area (Å²) in [5, 5.41) is 6.97. The fourth-order valence-electron chi connectivity index (χ4n) is 2.56. The van der Waals surface area contributed by atoms with E-state index < -0.39 is 0 Å². The van der Waals surface area contributed by atoms with E-state index in [-0.39, 0.29) is 11.3 Å². The number of nitrogens with one attached hydrogen (secondary N) is 1. The monoisotopic (exact) mass is 277 g/mol. The zero-order valence-electron chi connectivity index (χ0n) is 12.5. The molecule has 1 aromatic rings. The molecule has 0 atom stereocenters. The number of H-pyrrole nitrogens is 1. The normalized spacial score (nSPS) is 21.2. The van der Waals surface area contributed by atoms with Crippen LogP contribution in [0.3, 0.4) is 0 Å². The molecule has 2 aliphatic rings. The first-order valence-electron chi connectivity index (χ1n) is 7.41. The third-order valence-electron chi connectivity index (χ3n) is 4.05. The number of carbonyl (C=O) groups is 1. The summed E-state index contributed by atoms with van der Waals surface area (Å²) in [5.74, 6) is 1.01. The molecule has 1 saturated heterocycles. The minimum Gasteiger partial charge on any atom is -0.333 e. The van der Waals surface area contributed by atoms with Crippen LogP contribution in [-0.4, -0.2) is 63.1 Å². The summed E-state index contributed by atoms with van der Waals surface area (Å²) in [6.45, 7) is 9.69. The zero-order valence-corrected chi connectivity index (χ0v) is 12.5. The van der Waals surface area contributed by atoms with Crippen molar-refractivity contribution in [3.8, 4) is 0 Å². The standard InChI is InChI=1S/C14H23N5O/c1-14(2,3)13-15-11(16-17-13)12(20)19-8-6-18(7-9-19)10-4-5-10/h10H,4-9H2,1-3H3,(H,15,16,17). The quantitative estimate of drug-likeness (QED) is 0.876. The Bertz CT molecular complexity index is 492. The number of hydrogen-bond acceptors (Lipinski definition) is 4. The Labute approximate surface area is 119 Å². The number of aromatic amines is 1. The summed E-state index contributed by atoms with van der Waals surface area (Å²) in [5.41, 5.74) is -0.115. The molecule has 3 rings (SSSR count). The molecule has 20 heavy (non-hydrogen) atoms. The lowest BCUT2D eigenvalue weighted by atomic mass is 9.96. The second-order valence-corrected chi connectivity index (χ2v) is 6.82. The van der Waals surface area contributed by atoms with Gasteiger partial charge in [0.25, 0.3) is 5.91 Å². The Morgan fingerprint density at radius 2 is 1.85 bits per heavy atom. The van der Waals surface area contributed by atoms with Crippen LogP contribution in [0, 0.1) is 0 Å².